The van der Waals surface area contributed by atoms with Gasteiger partial charge >= 0.3 is 5.97 Å². The lowest BCUT2D eigenvalue weighted by Gasteiger charge is -2.26. The topological polar surface area (TPSA) is 93.9 Å². The SMILES string of the molecule is O=Cc1ccc(-c2ccc(-n3ncc(C(=O)O)c3OCCN3CCOCC3)cc2)cc1. The van der Waals surface area contributed by atoms with Gasteiger partial charge in [-0.2, -0.15) is 5.10 Å². The van der Waals surface area contributed by atoms with Crippen LogP contribution in [0.2, 0.25) is 0 Å². The van der Waals surface area contributed by atoms with Gasteiger partial charge in [0, 0.05) is 25.2 Å². The first-order chi connectivity index (χ1) is 15.2. The number of carboxylic acid groups (broad SMARTS) is 1. The first kappa shape index (κ1) is 20.8. The summed E-state index contributed by atoms with van der Waals surface area (Å²) in [7, 11) is 0. The maximum atomic E-state index is 11.6. The second-order valence-electron chi connectivity index (χ2n) is 7.17. The number of aromatic carboxylic acids is 1. The molecule has 1 aliphatic rings. The number of aldehydes is 1. The van der Waals surface area contributed by atoms with Crippen LogP contribution in [-0.4, -0.2) is 71.5 Å². The van der Waals surface area contributed by atoms with Gasteiger partial charge in [-0.1, -0.05) is 36.4 Å². The Morgan fingerprint density at radius 2 is 1.71 bits per heavy atom. The van der Waals surface area contributed by atoms with E-state index in [9.17, 15) is 14.7 Å². The first-order valence-corrected chi connectivity index (χ1v) is 10.1. The van der Waals surface area contributed by atoms with Crippen molar-refractivity contribution >= 4 is 12.3 Å². The van der Waals surface area contributed by atoms with E-state index in [1.165, 1.54) is 10.9 Å². The lowest BCUT2D eigenvalue weighted by atomic mass is 10.0. The molecule has 160 valence electrons. The molecule has 0 aliphatic carbocycles. The molecule has 0 bridgehead atoms. The second-order valence-corrected chi connectivity index (χ2v) is 7.17. The molecule has 0 radical (unpaired) electrons. The Morgan fingerprint density at radius 1 is 1.06 bits per heavy atom. The molecule has 2 aromatic carbocycles. The van der Waals surface area contributed by atoms with Crippen LogP contribution in [0.25, 0.3) is 16.8 Å². The van der Waals surface area contributed by atoms with E-state index < -0.39 is 5.97 Å². The van der Waals surface area contributed by atoms with Gasteiger partial charge in [-0.25, -0.2) is 9.48 Å². The van der Waals surface area contributed by atoms with Gasteiger partial charge in [-0.15, -0.1) is 0 Å². The zero-order chi connectivity index (χ0) is 21.6. The van der Waals surface area contributed by atoms with Crippen LogP contribution < -0.4 is 4.74 Å². The van der Waals surface area contributed by atoms with Crippen molar-refractivity contribution in [1.29, 1.82) is 0 Å². The van der Waals surface area contributed by atoms with E-state index in [-0.39, 0.29) is 11.4 Å². The fourth-order valence-electron chi connectivity index (χ4n) is 3.45. The van der Waals surface area contributed by atoms with Crippen LogP contribution in [0.4, 0.5) is 0 Å². The molecule has 1 saturated heterocycles. The molecule has 2 heterocycles. The minimum atomic E-state index is -1.08. The number of carboxylic acids is 1. The molecule has 1 N–H and O–H groups in total. The number of ether oxygens (including phenoxy) is 2. The standard InChI is InChI=1S/C23H23N3O5/c27-16-17-1-3-18(4-2-17)19-5-7-20(8-6-19)26-22(21(15-24-26)23(28)29)31-14-11-25-9-12-30-13-10-25/h1-8,15-16H,9-14H2,(H,28,29). The molecule has 31 heavy (non-hydrogen) atoms. The van der Waals surface area contributed by atoms with Gasteiger partial charge in [0.25, 0.3) is 0 Å². The summed E-state index contributed by atoms with van der Waals surface area (Å²) in [4.78, 5) is 24.7. The van der Waals surface area contributed by atoms with Crippen LogP contribution >= 0.6 is 0 Å². The van der Waals surface area contributed by atoms with Gasteiger partial charge in [0.05, 0.1) is 25.1 Å². The van der Waals surface area contributed by atoms with Crippen molar-refractivity contribution in [2.45, 2.75) is 0 Å². The molecular formula is C23H23N3O5. The van der Waals surface area contributed by atoms with E-state index in [4.69, 9.17) is 9.47 Å². The Balaban J connectivity index is 1.52. The quantitative estimate of drug-likeness (QED) is 0.559. The van der Waals surface area contributed by atoms with Gasteiger partial charge < -0.3 is 14.6 Å². The van der Waals surface area contributed by atoms with Gasteiger partial charge in [0.15, 0.2) is 0 Å². The van der Waals surface area contributed by atoms with Crippen LogP contribution in [0, 0.1) is 0 Å². The second kappa shape index (κ2) is 9.55. The summed E-state index contributed by atoms with van der Waals surface area (Å²) in [6.45, 7) is 4.11. The highest BCUT2D eigenvalue weighted by Gasteiger charge is 2.20. The molecule has 1 aliphatic heterocycles. The molecule has 3 aromatic rings. The van der Waals surface area contributed by atoms with Crippen LogP contribution in [0.5, 0.6) is 5.88 Å². The highest BCUT2D eigenvalue weighted by atomic mass is 16.5. The molecule has 0 saturated carbocycles. The van der Waals surface area contributed by atoms with E-state index in [0.29, 0.717) is 37.6 Å². The Hall–Kier alpha value is -3.49. The predicted octanol–water partition coefficient (Wildman–Crippen LogP) is 2.76. The van der Waals surface area contributed by atoms with E-state index in [1.807, 2.05) is 36.4 Å². The number of hydrogen-bond acceptors (Lipinski definition) is 6. The maximum Gasteiger partial charge on any atom is 0.342 e. The Labute approximate surface area is 179 Å². The van der Waals surface area contributed by atoms with Gasteiger partial charge in [-0.3, -0.25) is 9.69 Å². The molecule has 0 spiro atoms. The number of rotatable bonds is 8. The van der Waals surface area contributed by atoms with Crippen LogP contribution in [0.1, 0.15) is 20.7 Å². The lowest BCUT2D eigenvalue weighted by Crippen LogP contribution is -2.38. The smallest absolute Gasteiger partial charge is 0.342 e. The minimum absolute atomic E-state index is 0.0236. The molecule has 8 nitrogen and oxygen atoms in total. The number of nitrogens with zero attached hydrogens (tertiary/aromatic N) is 3. The molecule has 0 atom stereocenters. The zero-order valence-corrected chi connectivity index (χ0v) is 16.9. The fourth-order valence-corrected chi connectivity index (χ4v) is 3.45. The van der Waals surface area contributed by atoms with E-state index >= 15 is 0 Å². The predicted molar refractivity (Wildman–Crippen MR) is 114 cm³/mol. The molecule has 4 rings (SSSR count). The van der Waals surface area contributed by atoms with Crippen molar-refractivity contribution < 1.29 is 24.2 Å². The van der Waals surface area contributed by atoms with Crippen LogP contribution in [0.15, 0.2) is 54.7 Å². The van der Waals surface area contributed by atoms with E-state index in [0.717, 1.165) is 30.5 Å². The third-order valence-electron chi connectivity index (χ3n) is 5.20. The minimum Gasteiger partial charge on any atom is -0.477 e. The number of hydrogen-bond donors (Lipinski definition) is 1. The lowest BCUT2D eigenvalue weighted by molar-refractivity contribution is 0.0317. The summed E-state index contributed by atoms with van der Waals surface area (Å²) in [6.07, 6.45) is 2.11. The third kappa shape index (κ3) is 4.82. The van der Waals surface area contributed by atoms with Crippen molar-refractivity contribution in [2.24, 2.45) is 0 Å². The number of carbonyl (C=O) groups is 2. The van der Waals surface area contributed by atoms with E-state index in [1.54, 1.807) is 12.1 Å². The van der Waals surface area contributed by atoms with Crippen molar-refractivity contribution in [3.05, 3.63) is 65.9 Å². The molecule has 0 unspecified atom stereocenters. The molecular weight excluding hydrogens is 398 g/mol. The summed E-state index contributed by atoms with van der Waals surface area (Å²) in [6, 6.07) is 14.9. The van der Waals surface area contributed by atoms with Crippen molar-refractivity contribution in [3.8, 4) is 22.7 Å². The molecule has 1 fully saturated rings. The highest BCUT2D eigenvalue weighted by Crippen LogP contribution is 2.26. The Morgan fingerprint density at radius 3 is 2.32 bits per heavy atom. The average Bonchev–Trinajstić information content (AvgIpc) is 3.24. The monoisotopic (exact) mass is 421 g/mol. The fraction of sp³-hybridized carbons (Fsp3) is 0.261. The van der Waals surface area contributed by atoms with Gasteiger partial charge in [-0.05, 0) is 23.3 Å². The summed E-state index contributed by atoms with van der Waals surface area (Å²) < 4.78 is 12.7. The largest absolute Gasteiger partial charge is 0.477 e. The van der Waals surface area contributed by atoms with Crippen molar-refractivity contribution in [2.75, 3.05) is 39.5 Å². The third-order valence-corrected chi connectivity index (χ3v) is 5.20. The first-order valence-electron chi connectivity index (χ1n) is 10.1. The summed E-state index contributed by atoms with van der Waals surface area (Å²) >= 11 is 0. The zero-order valence-electron chi connectivity index (χ0n) is 16.9. The number of aromatic nitrogens is 2. The van der Waals surface area contributed by atoms with Crippen molar-refractivity contribution in [1.82, 2.24) is 14.7 Å². The molecule has 8 heteroatoms. The number of carbonyl (C=O) groups excluding carboxylic acids is 1. The Bertz CT molecular complexity index is 1040. The van der Waals surface area contributed by atoms with Crippen LogP contribution in [-0.2, 0) is 4.74 Å². The van der Waals surface area contributed by atoms with Gasteiger partial charge in [0.1, 0.15) is 18.5 Å². The molecule has 1 aromatic heterocycles. The highest BCUT2D eigenvalue weighted by molar-refractivity contribution is 5.90. The maximum absolute atomic E-state index is 11.6. The van der Waals surface area contributed by atoms with Crippen molar-refractivity contribution in [3.63, 3.8) is 0 Å². The average molecular weight is 421 g/mol. The number of benzene rings is 2. The summed E-state index contributed by atoms with van der Waals surface area (Å²) in [5.74, 6) is -0.872. The summed E-state index contributed by atoms with van der Waals surface area (Å²) in [5.41, 5.74) is 3.29. The molecule has 0 amide bonds. The van der Waals surface area contributed by atoms with E-state index in [2.05, 4.69) is 10.00 Å². The normalized spacial score (nSPS) is 14.3. The van der Waals surface area contributed by atoms with Gasteiger partial charge in [0.2, 0.25) is 5.88 Å². The summed E-state index contributed by atoms with van der Waals surface area (Å²) in [5, 5.41) is 13.8. The number of morpholine rings is 1. The van der Waals surface area contributed by atoms with Crippen LogP contribution in [0.3, 0.4) is 0 Å². The Kier molecular flexibility index (Phi) is 6.40.